The number of rotatable bonds is 4. The molecular weight excluding hydrogens is 254 g/mol. The van der Waals surface area contributed by atoms with Crippen molar-refractivity contribution in [3.8, 4) is 5.75 Å². The van der Waals surface area contributed by atoms with E-state index in [2.05, 4.69) is 37.3 Å². The highest BCUT2D eigenvalue weighted by molar-refractivity contribution is 7.99. The van der Waals surface area contributed by atoms with Gasteiger partial charge in [-0.1, -0.05) is 35.5 Å². The summed E-state index contributed by atoms with van der Waals surface area (Å²) in [5, 5.41) is 0. The molecule has 2 aromatic carbocycles. The van der Waals surface area contributed by atoms with E-state index in [4.69, 9.17) is 10.5 Å². The van der Waals surface area contributed by atoms with E-state index >= 15 is 0 Å². The van der Waals surface area contributed by atoms with E-state index in [9.17, 15) is 0 Å². The Hall–Kier alpha value is -1.45. The van der Waals surface area contributed by atoms with Crippen LogP contribution in [0.15, 0.2) is 52.3 Å². The van der Waals surface area contributed by atoms with Gasteiger partial charge in [0.05, 0.1) is 7.11 Å². The lowest BCUT2D eigenvalue weighted by Gasteiger charge is -2.16. The molecule has 100 valence electrons. The van der Waals surface area contributed by atoms with Crippen molar-refractivity contribution in [2.75, 3.05) is 7.11 Å². The van der Waals surface area contributed by atoms with Crippen molar-refractivity contribution in [3.63, 3.8) is 0 Å². The molecule has 0 aliphatic carbocycles. The van der Waals surface area contributed by atoms with Gasteiger partial charge >= 0.3 is 0 Å². The predicted octanol–water partition coefficient (Wildman–Crippen LogP) is 4.17. The van der Waals surface area contributed by atoms with Gasteiger partial charge in [0.25, 0.3) is 0 Å². The number of hydrogen-bond acceptors (Lipinski definition) is 3. The summed E-state index contributed by atoms with van der Waals surface area (Å²) < 4.78 is 5.41. The molecule has 0 unspecified atom stereocenters. The largest absolute Gasteiger partial charge is 0.496 e. The Bertz CT molecular complexity index is 549. The van der Waals surface area contributed by atoms with Crippen LogP contribution in [0, 0.1) is 6.92 Å². The number of ether oxygens (including phenoxy) is 1. The molecular formula is C16H19NOS. The summed E-state index contributed by atoms with van der Waals surface area (Å²) >= 11 is 1.72. The SMILES string of the molecule is COc1cccc(Sc2ccc(C)cc2)c1[C@@H](C)N. The molecule has 0 bridgehead atoms. The number of nitrogens with two attached hydrogens (primary N) is 1. The molecule has 1 atom stereocenters. The maximum Gasteiger partial charge on any atom is 0.124 e. The number of benzene rings is 2. The first kappa shape index (κ1) is 14.0. The monoisotopic (exact) mass is 273 g/mol. The smallest absolute Gasteiger partial charge is 0.124 e. The lowest BCUT2D eigenvalue weighted by molar-refractivity contribution is 0.405. The van der Waals surface area contributed by atoms with Gasteiger partial charge in [-0.2, -0.15) is 0 Å². The second kappa shape index (κ2) is 6.13. The van der Waals surface area contributed by atoms with Crippen LogP contribution in [0.4, 0.5) is 0 Å². The second-order valence-electron chi connectivity index (χ2n) is 4.58. The van der Waals surface area contributed by atoms with Crippen LogP contribution in [0.1, 0.15) is 24.1 Å². The Kier molecular flexibility index (Phi) is 4.51. The lowest BCUT2D eigenvalue weighted by Crippen LogP contribution is -2.08. The van der Waals surface area contributed by atoms with Crippen molar-refractivity contribution in [2.24, 2.45) is 5.73 Å². The highest BCUT2D eigenvalue weighted by Gasteiger charge is 2.13. The van der Waals surface area contributed by atoms with Gasteiger partial charge in [-0.15, -0.1) is 0 Å². The van der Waals surface area contributed by atoms with E-state index in [0.29, 0.717) is 0 Å². The molecule has 0 spiro atoms. The van der Waals surface area contributed by atoms with Gasteiger partial charge in [0.15, 0.2) is 0 Å². The molecule has 2 nitrogen and oxygen atoms in total. The predicted molar refractivity (Wildman–Crippen MR) is 80.9 cm³/mol. The second-order valence-corrected chi connectivity index (χ2v) is 5.69. The molecule has 0 aliphatic rings. The Morgan fingerprint density at radius 1 is 1.11 bits per heavy atom. The van der Waals surface area contributed by atoms with Gasteiger partial charge in [0, 0.05) is 21.4 Å². The van der Waals surface area contributed by atoms with E-state index in [1.807, 2.05) is 19.1 Å². The molecule has 0 aromatic heterocycles. The summed E-state index contributed by atoms with van der Waals surface area (Å²) in [4.78, 5) is 2.36. The third-order valence-electron chi connectivity index (χ3n) is 2.95. The molecule has 0 heterocycles. The Labute approximate surface area is 119 Å². The topological polar surface area (TPSA) is 35.2 Å². The number of hydrogen-bond donors (Lipinski definition) is 1. The summed E-state index contributed by atoms with van der Waals surface area (Å²) in [5.41, 5.74) is 8.41. The van der Waals surface area contributed by atoms with Crippen molar-refractivity contribution in [1.29, 1.82) is 0 Å². The average Bonchev–Trinajstić information content (AvgIpc) is 2.40. The fraction of sp³-hybridized carbons (Fsp3) is 0.250. The molecule has 0 aliphatic heterocycles. The Morgan fingerprint density at radius 2 is 1.79 bits per heavy atom. The molecule has 0 amide bonds. The summed E-state index contributed by atoms with van der Waals surface area (Å²) in [5.74, 6) is 0.854. The third-order valence-corrected chi connectivity index (χ3v) is 4.03. The van der Waals surface area contributed by atoms with Crippen molar-refractivity contribution in [3.05, 3.63) is 53.6 Å². The summed E-state index contributed by atoms with van der Waals surface area (Å²) in [7, 11) is 1.68. The zero-order chi connectivity index (χ0) is 13.8. The first-order valence-corrected chi connectivity index (χ1v) is 7.10. The zero-order valence-electron chi connectivity index (χ0n) is 11.5. The van der Waals surface area contributed by atoms with E-state index < -0.39 is 0 Å². The highest BCUT2D eigenvalue weighted by Crippen LogP contribution is 2.37. The number of aryl methyl sites for hydroxylation is 1. The fourth-order valence-electron chi connectivity index (χ4n) is 1.97. The maximum atomic E-state index is 6.08. The standard InChI is InChI=1S/C16H19NOS/c1-11-7-9-13(10-8-11)19-15-6-4-5-14(18-3)16(15)12(2)17/h4-10,12H,17H2,1-3H3/t12-/m1/s1. The summed E-state index contributed by atoms with van der Waals surface area (Å²) in [6, 6.07) is 14.5. The molecule has 19 heavy (non-hydrogen) atoms. The highest BCUT2D eigenvalue weighted by atomic mass is 32.2. The van der Waals surface area contributed by atoms with Gasteiger partial charge in [0.1, 0.15) is 5.75 Å². The molecule has 0 radical (unpaired) electrons. The van der Waals surface area contributed by atoms with Gasteiger partial charge in [-0.3, -0.25) is 0 Å². The van der Waals surface area contributed by atoms with Gasteiger partial charge < -0.3 is 10.5 Å². The van der Waals surface area contributed by atoms with Crippen LogP contribution in [0.5, 0.6) is 5.75 Å². The van der Waals surface area contributed by atoms with Crippen LogP contribution in [0.25, 0.3) is 0 Å². The molecule has 0 saturated heterocycles. The van der Waals surface area contributed by atoms with E-state index in [-0.39, 0.29) is 6.04 Å². The van der Waals surface area contributed by atoms with Crippen molar-refractivity contribution in [2.45, 2.75) is 29.7 Å². The number of methoxy groups -OCH3 is 1. The minimum atomic E-state index is -0.0518. The Balaban J connectivity index is 2.36. The van der Waals surface area contributed by atoms with Gasteiger partial charge in [-0.25, -0.2) is 0 Å². The molecule has 3 heteroatoms. The molecule has 2 aromatic rings. The van der Waals surface area contributed by atoms with Crippen LogP contribution in [0.2, 0.25) is 0 Å². The first-order valence-electron chi connectivity index (χ1n) is 6.29. The first-order chi connectivity index (χ1) is 9.11. The van der Waals surface area contributed by atoms with Gasteiger partial charge in [0.2, 0.25) is 0 Å². The van der Waals surface area contributed by atoms with E-state index in [1.165, 1.54) is 10.5 Å². The van der Waals surface area contributed by atoms with E-state index in [1.54, 1.807) is 18.9 Å². The average molecular weight is 273 g/mol. The minimum absolute atomic E-state index is 0.0518. The molecule has 2 rings (SSSR count). The maximum absolute atomic E-state index is 6.08. The van der Waals surface area contributed by atoms with Crippen LogP contribution in [-0.2, 0) is 0 Å². The fourth-order valence-corrected chi connectivity index (χ4v) is 3.04. The van der Waals surface area contributed by atoms with Gasteiger partial charge in [-0.05, 0) is 38.1 Å². The van der Waals surface area contributed by atoms with Crippen molar-refractivity contribution < 1.29 is 4.74 Å². The van der Waals surface area contributed by atoms with Crippen LogP contribution >= 0.6 is 11.8 Å². The third kappa shape index (κ3) is 3.31. The zero-order valence-corrected chi connectivity index (χ0v) is 12.3. The summed E-state index contributed by atoms with van der Waals surface area (Å²) in [6.07, 6.45) is 0. The molecule has 2 N–H and O–H groups in total. The summed E-state index contributed by atoms with van der Waals surface area (Å²) in [6.45, 7) is 4.07. The minimum Gasteiger partial charge on any atom is -0.496 e. The van der Waals surface area contributed by atoms with Crippen LogP contribution < -0.4 is 10.5 Å². The van der Waals surface area contributed by atoms with Crippen molar-refractivity contribution in [1.82, 2.24) is 0 Å². The van der Waals surface area contributed by atoms with E-state index in [0.717, 1.165) is 16.2 Å². The molecule has 0 fully saturated rings. The molecule has 0 saturated carbocycles. The van der Waals surface area contributed by atoms with Crippen molar-refractivity contribution >= 4 is 11.8 Å². The van der Waals surface area contributed by atoms with Crippen LogP contribution in [-0.4, -0.2) is 7.11 Å². The quantitative estimate of drug-likeness (QED) is 0.908. The normalized spacial score (nSPS) is 12.2. The lowest BCUT2D eigenvalue weighted by atomic mass is 10.1. The Morgan fingerprint density at radius 3 is 2.37 bits per heavy atom. The van der Waals surface area contributed by atoms with Crippen LogP contribution in [0.3, 0.4) is 0 Å².